The topological polar surface area (TPSA) is 130 Å². The van der Waals surface area contributed by atoms with Crippen LogP contribution in [0, 0.1) is 0 Å². The van der Waals surface area contributed by atoms with Crippen LogP contribution in [-0.4, -0.2) is 64.1 Å². The molecule has 3 aliphatic rings. The maximum atomic E-state index is 13.0. The molecule has 2 amide bonds. The lowest BCUT2D eigenvalue weighted by Crippen LogP contribution is -2.68. The number of nitrogens with two attached hydrogens (primary N) is 1. The van der Waals surface area contributed by atoms with Gasteiger partial charge in [0, 0.05) is 17.9 Å². The summed E-state index contributed by atoms with van der Waals surface area (Å²) >= 11 is 2.65. The molecule has 0 aliphatic carbocycles. The lowest BCUT2D eigenvalue weighted by atomic mass is 10.0. The van der Waals surface area contributed by atoms with E-state index in [9.17, 15) is 24.3 Å². The zero-order valence-electron chi connectivity index (χ0n) is 16.0. The van der Waals surface area contributed by atoms with Crippen LogP contribution in [0.25, 0.3) is 0 Å². The zero-order chi connectivity index (χ0) is 21.6. The second-order valence-corrected chi connectivity index (χ2v) is 8.85. The summed E-state index contributed by atoms with van der Waals surface area (Å²) in [5, 5.41) is 11.5. The van der Waals surface area contributed by atoms with E-state index in [0.29, 0.717) is 40.4 Å². The Labute approximate surface area is 180 Å². The number of amides is 2. The number of fused-ring (bicyclic) bond motifs is 1. The highest BCUT2D eigenvalue weighted by molar-refractivity contribution is 8.00. The molecule has 3 aliphatic heterocycles. The molecule has 2 fully saturated rings. The number of hydrogen-bond donors (Lipinski definition) is 2. The first-order valence-electron chi connectivity index (χ1n) is 9.28. The van der Waals surface area contributed by atoms with Gasteiger partial charge in [-0.05, 0) is 36.4 Å². The maximum absolute atomic E-state index is 13.0. The highest BCUT2D eigenvalue weighted by Crippen LogP contribution is 2.41. The Morgan fingerprint density at radius 3 is 2.87 bits per heavy atom. The van der Waals surface area contributed by atoms with E-state index in [1.807, 2.05) is 0 Å². The monoisotopic (exact) mass is 449 g/mol. The third-order valence-corrected chi connectivity index (χ3v) is 7.36. The molecule has 1 aromatic rings. The van der Waals surface area contributed by atoms with Crippen LogP contribution in [-0.2, 0) is 19.1 Å². The van der Waals surface area contributed by atoms with Gasteiger partial charge < -0.3 is 15.6 Å². The first kappa shape index (κ1) is 20.6. The van der Waals surface area contributed by atoms with Gasteiger partial charge in [0.15, 0.2) is 0 Å². The fourth-order valence-electron chi connectivity index (χ4n) is 3.68. The number of thiophene rings is 1. The number of nitrogens with zero attached hydrogens (tertiary/aromatic N) is 2. The van der Waals surface area contributed by atoms with Crippen molar-refractivity contribution in [1.82, 2.24) is 4.90 Å². The number of carbonyl (C=O) groups excluding carboxylic acids is 3. The number of carbonyl (C=O) groups is 4. The van der Waals surface area contributed by atoms with Crippen LogP contribution in [0.2, 0.25) is 0 Å². The Balaban J connectivity index is 1.63. The molecule has 30 heavy (non-hydrogen) atoms. The predicted octanol–water partition coefficient (Wildman–Crippen LogP) is 1.17. The second-order valence-electron chi connectivity index (χ2n) is 6.85. The van der Waals surface area contributed by atoms with Crippen molar-refractivity contribution in [3.8, 4) is 0 Å². The number of anilines is 1. The number of allylic oxidation sites excluding steroid dienone is 1. The third kappa shape index (κ3) is 3.22. The summed E-state index contributed by atoms with van der Waals surface area (Å²) in [5.41, 5.74) is 6.82. The van der Waals surface area contributed by atoms with E-state index in [0.717, 1.165) is 0 Å². The molecule has 0 aromatic carbocycles. The maximum Gasteiger partial charge on any atom is 0.352 e. The van der Waals surface area contributed by atoms with E-state index in [4.69, 9.17) is 10.5 Å². The van der Waals surface area contributed by atoms with Gasteiger partial charge in [-0.15, -0.1) is 23.1 Å². The molecule has 0 saturated carbocycles. The Hall–Kier alpha value is -2.63. The number of rotatable bonds is 5. The van der Waals surface area contributed by atoms with E-state index >= 15 is 0 Å². The van der Waals surface area contributed by atoms with E-state index < -0.39 is 23.9 Å². The average molecular weight is 450 g/mol. The number of thioether (sulfide) groups is 1. The molecule has 2 atom stereocenters. The van der Waals surface area contributed by atoms with E-state index in [-0.39, 0.29) is 23.6 Å². The van der Waals surface area contributed by atoms with Crippen molar-refractivity contribution in [1.29, 1.82) is 0 Å². The largest absolute Gasteiger partial charge is 0.477 e. The van der Waals surface area contributed by atoms with Gasteiger partial charge in [0.2, 0.25) is 5.91 Å². The summed E-state index contributed by atoms with van der Waals surface area (Å²) in [6.45, 7) is 2.31. The minimum Gasteiger partial charge on any atom is -0.477 e. The van der Waals surface area contributed by atoms with Crippen molar-refractivity contribution in [2.24, 2.45) is 5.73 Å². The summed E-state index contributed by atoms with van der Waals surface area (Å²) < 4.78 is 5.05. The Morgan fingerprint density at radius 1 is 1.40 bits per heavy atom. The SMILES string of the molecule is CCOC(=O)c1ccsc1N1CC/C(=C\C2=C(C(=O)O)N3C(=O)[C@@H](N)[C@H]3SC2)C1=O. The quantitative estimate of drug-likeness (QED) is 0.389. The van der Waals surface area contributed by atoms with Gasteiger partial charge in [-0.1, -0.05) is 0 Å². The van der Waals surface area contributed by atoms with Gasteiger partial charge in [0.25, 0.3) is 5.91 Å². The molecule has 0 unspecified atom stereocenters. The van der Waals surface area contributed by atoms with Crippen molar-refractivity contribution < 1.29 is 29.0 Å². The fraction of sp³-hybridized carbons (Fsp3) is 0.368. The number of carboxylic acid groups (broad SMARTS) is 1. The van der Waals surface area contributed by atoms with E-state index in [1.54, 1.807) is 24.4 Å². The van der Waals surface area contributed by atoms with Gasteiger partial charge >= 0.3 is 11.9 Å². The normalized spacial score (nSPS) is 24.9. The van der Waals surface area contributed by atoms with Crippen molar-refractivity contribution in [2.75, 3.05) is 23.8 Å². The molecular weight excluding hydrogens is 430 g/mol. The van der Waals surface area contributed by atoms with Gasteiger partial charge in [-0.3, -0.25) is 19.4 Å². The minimum atomic E-state index is -1.22. The summed E-state index contributed by atoms with van der Waals surface area (Å²) in [6, 6.07) is 0.914. The lowest BCUT2D eigenvalue weighted by molar-refractivity contribution is -0.147. The molecule has 3 N–H and O–H groups in total. The number of esters is 1. The first-order chi connectivity index (χ1) is 14.3. The fourth-order valence-corrected chi connectivity index (χ4v) is 5.84. The van der Waals surface area contributed by atoms with Gasteiger partial charge in [0.1, 0.15) is 22.1 Å². The molecule has 158 valence electrons. The molecular formula is C19H19N3O6S2. The molecule has 4 heterocycles. The zero-order valence-corrected chi connectivity index (χ0v) is 17.6. The Morgan fingerprint density at radius 2 is 2.17 bits per heavy atom. The van der Waals surface area contributed by atoms with Gasteiger partial charge in [-0.25, -0.2) is 9.59 Å². The Kier molecular flexibility index (Phi) is 5.43. The summed E-state index contributed by atoms with van der Waals surface area (Å²) in [4.78, 5) is 51.7. The van der Waals surface area contributed by atoms with Crippen molar-refractivity contribution in [3.63, 3.8) is 0 Å². The van der Waals surface area contributed by atoms with Crippen LogP contribution >= 0.6 is 23.1 Å². The van der Waals surface area contributed by atoms with Crippen LogP contribution in [0.1, 0.15) is 23.7 Å². The van der Waals surface area contributed by atoms with Gasteiger partial charge in [-0.2, -0.15) is 0 Å². The summed E-state index contributed by atoms with van der Waals surface area (Å²) in [7, 11) is 0. The van der Waals surface area contributed by atoms with Crippen LogP contribution in [0.15, 0.2) is 34.4 Å². The number of hydrogen-bond acceptors (Lipinski definition) is 8. The summed E-state index contributed by atoms with van der Waals surface area (Å²) in [6.07, 6.45) is 1.96. The van der Waals surface area contributed by atoms with E-state index in [1.165, 1.54) is 32.9 Å². The van der Waals surface area contributed by atoms with Crippen LogP contribution in [0.4, 0.5) is 5.00 Å². The average Bonchev–Trinajstić information content (AvgIpc) is 3.34. The lowest BCUT2D eigenvalue weighted by Gasteiger charge is -2.47. The van der Waals surface area contributed by atoms with Crippen LogP contribution < -0.4 is 10.6 Å². The molecule has 0 spiro atoms. The van der Waals surface area contributed by atoms with Crippen LogP contribution in [0.3, 0.4) is 0 Å². The molecule has 0 bridgehead atoms. The standard InChI is InChI=1S/C19H19N3O6S2/c1-2-28-19(27)11-4-6-29-16(11)21-5-3-9(14(21)23)7-10-8-30-17-12(20)15(24)22(17)13(10)18(25)26/h4,6-7,12,17H,2-3,5,8,20H2,1H3,(H,25,26)/b9-7+/t12-,17-/m1/s1. The van der Waals surface area contributed by atoms with Crippen molar-refractivity contribution in [3.05, 3.63) is 39.9 Å². The highest BCUT2D eigenvalue weighted by atomic mass is 32.2. The van der Waals surface area contributed by atoms with Crippen molar-refractivity contribution in [2.45, 2.75) is 24.8 Å². The molecule has 11 heteroatoms. The molecule has 4 rings (SSSR count). The molecule has 2 saturated heterocycles. The summed E-state index contributed by atoms with van der Waals surface area (Å²) in [5.74, 6) is -2.10. The number of β-lactam (4-membered cyclic amide) rings is 1. The predicted molar refractivity (Wildman–Crippen MR) is 111 cm³/mol. The van der Waals surface area contributed by atoms with Crippen LogP contribution in [0.5, 0.6) is 0 Å². The minimum absolute atomic E-state index is 0.118. The number of ether oxygens (including phenoxy) is 1. The molecule has 0 radical (unpaired) electrons. The number of aliphatic carboxylic acids is 1. The Bertz CT molecular complexity index is 1010. The number of carboxylic acids is 1. The molecule has 1 aromatic heterocycles. The second kappa shape index (κ2) is 7.89. The smallest absolute Gasteiger partial charge is 0.352 e. The van der Waals surface area contributed by atoms with Gasteiger partial charge in [0.05, 0.1) is 12.2 Å². The highest BCUT2D eigenvalue weighted by Gasteiger charge is 2.51. The third-order valence-electron chi connectivity index (χ3n) is 5.10. The first-order valence-corrected chi connectivity index (χ1v) is 11.2. The van der Waals surface area contributed by atoms with E-state index in [2.05, 4.69) is 0 Å². The molecule has 9 nitrogen and oxygen atoms in total. The van der Waals surface area contributed by atoms with Crippen molar-refractivity contribution >= 4 is 51.9 Å².